The van der Waals surface area contributed by atoms with Crippen molar-refractivity contribution in [2.75, 3.05) is 0 Å². The molecule has 0 atom stereocenters. The summed E-state index contributed by atoms with van der Waals surface area (Å²) in [4.78, 5) is 0. The Morgan fingerprint density at radius 2 is 0.750 bits per heavy atom. The summed E-state index contributed by atoms with van der Waals surface area (Å²) in [6, 6.07) is 41.7. The van der Waals surface area contributed by atoms with Gasteiger partial charge in [0.15, 0.2) is 0 Å². The van der Waals surface area contributed by atoms with Crippen LogP contribution < -0.4 is 0 Å². The Morgan fingerprint density at radius 1 is 0.429 bits per heavy atom. The van der Waals surface area contributed by atoms with Crippen LogP contribution in [0.1, 0.15) is 47.6 Å². The van der Waals surface area contributed by atoms with E-state index in [1.165, 1.54) is 27.8 Å². The number of hydrogen-bond donors (Lipinski definition) is 0. The van der Waals surface area contributed by atoms with Crippen molar-refractivity contribution in [2.45, 2.75) is 25.2 Å². The first kappa shape index (κ1) is 18.3. The SMILES string of the molecule is CC(C)c1ccc(C(c2ccccc2)(c2ccccc2)c2ccccc2)cc1. The molecule has 0 aliphatic heterocycles. The van der Waals surface area contributed by atoms with E-state index in [1.807, 2.05) is 0 Å². The molecule has 0 aromatic heterocycles. The molecule has 0 N–H and O–H groups in total. The first-order chi connectivity index (χ1) is 13.7. The van der Waals surface area contributed by atoms with E-state index in [4.69, 9.17) is 0 Å². The van der Waals surface area contributed by atoms with Gasteiger partial charge in [-0.3, -0.25) is 0 Å². The van der Waals surface area contributed by atoms with Gasteiger partial charge in [0.2, 0.25) is 0 Å². The zero-order valence-corrected chi connectivity index (χ0v) is 16.5. The van der Waals surface area contributed by atoms with Crippen molar-refractivity contribution >= 4 is 0 Å². The third-order valence-electron chi connectivity index (χ3n) is 5.63. The predicted octanol–water partition coefficient (Wildman–Crippen LogP) is 7.19. The Morgan fingerprint density at radius 3 is 1.07 bits per heavy atom. The molecule has 0 heterocycles. The summed E-state index contributed by atoms with van der Waals surface area (Å²) in [5.41, 5.74) is 6.16. The fourth-order valence-corrected chi connectivity index (χ4v) is 4.18. The largest absolute Gasteiger partial charge is 0.0701 e. The maximum Gasteiger partial charge on any atom is 0.0701 e. The number of benzene rings is 4. The molecule has 0 aliphatic rings. The average molecular weight is 363 g/mol. The third-order valence-corrected chi connectivity index (χ3v) is 5.63. The van der Waals surface area contributed by atoms with Crippen LogP contribution in [0.25, 0.3) is 0 Å². The van der Waals surface area contributed by atoms with Gasteiger partial charge in [0.05, 0.1) is 5.41 Å². The predicted molar refractivity (Wildman–Crippen MR) is 119 cm³/mol. The molecule has 0 heteroatoms. The molecule has 0 spiro atoms. The summed E-state index contributed by atoms with van der Waals surface area (Å²) < 4.78 is 0. The number of rotatable bonds is 5. The summed E-state index contributed by atoms with van der Waals surface area (Å²) in [5, 5.41) is 0. The van der Waals surface area contributed by atoms with E-state index in [0.717, 1.165) is 0 Å². The lowest BCUT2D eigenvalue weighted by Crippen LogP contribution is -2.31. The van der Waals surface area contributed by atoms with Crippen LogP contribution in [0.15, 0.2) is 115 Å². The van der Waals surface area contributed by atoms with Crippen LogP contribution in [0.2, 0.25) is 0 Å². The summed E-state index contributed by atoms with van der Waals surface area (Å²) in [6.07, 6.45) is 0. The van der Waals surface area contributed by atoms with Crippen molar-refractivity contribution in [3.8, 4) is 0 Å². The summed E-state index contributed by atoms with van der Waals surface area (Å²) in [5.74, 6) is 0.522. The standard InChI is InChI=1S/C28H26/c1-22(2)23-18-20-27(21-19-23)28(24-12-6-3-7-13-24,25-14-8-4-9-15-25)26-16-10-5-11-17-26/h3-22H,1-2H3. The highest BCUT2D eigenvalue weighted by atomic mass is 14.4. The van der Waals surface area contributed by atoms with Gasteiger partial charge in [-0.25, -0.2) is 0 Å². The van der Waals surface area contributed by atoms with Gasteiger partial charge in [0, 0.05) is 0 Å². The highest BCUT2D eigenvalue weighted by molar-refractivity contribution is 5.59. The minimum Gasteiger partial charge on any atom is -0.0622 e. The van der Waals surface area contributed by atoms with Gasteiger partial charge in [-0.15, -0.1) is 0 Å². The van der Waals surface area contributed by atoms with E-state index in [1.54, 1.807) is 0 Å². The Balaban J connectivity index is 2.07. The Labute approximate surface area is 168 Å². The van der Waals surface area contributed by atoms with E-state index < -0.39 is 0 Å². The van der Waals surface area contributed by atoms with Gasteiger partial charge < -0.3 is 0 Å². The van der Waals surface area contributed by atoms with E-state index in [0.29, 0.717) is 5.92 Å². The second-order valence-corrected chi connectivity index (χ2v) is 7.62. The monoisotopic (exact) mass is 362 g/mol. The van der Waals surface area contributed by atoms with Crippen LogP contribution in [0.3, 0.4) is 0 Å². The van der Waals surface area contributed by atoms with E-state index in [-0.39, 0.29) is 5.41 Å². The van der Waals surface area contributed by atoms with E-state index in [9.17, 15) is 0 Å². The minimum atomic E-state index is -0.348. The molecule has 0 bridgehead atoms. The van der Waals surface area contributed by atoms with Crippen LogP contribution >= 0.6 is 0 Å². The Kier molecular flexibility index (Phi) is 5.12. The van der Waals surface area contributed by atoms with Gasteiger partial charge >= 0.3 is 0 Å². The molecule has 138 valence electrons. The van der Waals surface area contributed by atoms with Crippen molar-refractivity contribution in [3.05, 3.63) is 143 Å². The first-order valence-electron chi connectivity index (χ1n) is 10.00. The molecular formula is C28H26. The molecule has 0 unspecified atom stereocenters. The highest BCUT2D eigenvalue weighted by Gasteiger charge is 2.37. The molecule has 4 aromatic carbocycles. The van der Waals surface area contributed by atoms with Crippen molar-refractivity contribution in [1.29, 1.82) is 0 Å². The third kappa shape index (κ3) is 3.16. The minimum absolute atomic E-state index is 0.348. The molecule has 4 rings (SSSR count). The average Bonchev–Trinajstić information content (AvgIpc) is 2.77. The fourth-order valence-electron chi connectivity index (χ4n) is 4.18. The van der Waals surface area contributed by atoms with Crippen molar-refractivity contribution in [1.82, 2.24) is 0 Å². The summed E-state index contributed by atoms with van der Waals surface area (Å²) >= 11 is 0. The van der Waals surface area contributed by atoms with Gasteiger partial charge in [-0.05, 0) is 33.7 Å². The summed E-state index contributed by atoms with van der Waals surface area (Å²) in [7, 11) is 0. The summed E-state index contributed by atoms with van der Waals surface area (Å²) in [6.45, 7) is 4.49. The Hall–Kier alpha value is -3.12. The second-order valence-electron chi connectivity index (χ2n) is 7.62. The van der Waals surface area contributed by atoms with Crippen LogP contribution in [-0.2, 0) is 5.41 Å². The zero-order chi connectivity index (χ0) is 19.4. The van der Waals surface area contributed by atoms with Crippen LogP contribution in [0.5, 0.6) is 0 Å². The number of hydrogen-bond acceptors (Lipinski definition) is 0. The molecule has 0 aliphatic carbocycles. The maximum atomic E-state index is 2.31. The Bertz CT molecular complexity index is 901. The lowest BCUT2D eigenvalue weighted by Gasteiger charge is -2.37. The van der Waals surface area contributed by atoms with E-state index >= 15 is 0 Å². The first-order valence-corrected chi connectivity index (χ1v) is 10.00. The molecule has 0 fully saturated rings. The molecular weight excluding hydrogens is 336 g/mol. The lowest BCUT2D eigenvalue weighted by atomic mass is 9.65. The molecule has 0 nitrogen and oxygen atoms in total. The van der Waals surface area contributed by atoms with Crippen molar-refractivity contribution in [3.63, 3.8) is 0 Å². The molecule has 28 heavy (non-hydrogen) atoms. The molecule has 4 aromatic rings. The van der Waals surface area contributed by atoms with Crippen LogP contribution in [0.4, 0.5) is 0 Å². The quantitative estimate of drug-likeness (QED) is 0.329. The van der Waals surface area contributed by atoms with Crippen LogP contribution in [-0.4, -0.2) is 0 Å². The molecule has 0 amide bonds. The van der Waals surface area contributed by atoms with Crippen molar-refractivity contribution in [2.24, 2.45) is 0 Å². The highest BCUT2D eigenvalue weighted by Crippen LogP contribution is 2.45. The van der Waals surface area contributed by atoms with E-state index in [2.05, 4.69) is 129 Å². The van der Waals surface area contributed by atoms with Crippen molar-refractivity contribution < 1.29 is 0 Å². The normalized spacial score (nSPS) is 11.5. The maximum absolute atomic E-state index is 2.31. The van der Waals surface area contributed by atoms with Gasteiger partial charge in [-0.2, -0.15) is 0 Å². The van der Waals surface area contributed by atoms with Crippen LogP contribution in [0, 0.1) is 0 Å². The van der Waals surface area contributed by atoms with Gasteiger partial charge in [-0.1, -0.05) is 129 Å². The zero-order valence-electron chi connectivity index (χ0n) is 16.5. The van der Waals surface area contributed by atoms with Gasteiger partial charge in [0.1, 0.15) is 0 Å². The molecule has 0 radical (unpaired) electrons. The molecule has 0 saturated carbocycles. The lowest BCUT2D eigenvalue weighted by molar-refractivity contribution is 0.742. The smallest absolute Gasteiger partial charge is 0.0622 e. The van der Waals surface area contributed by atoms with Gasteiger partial charge in [0.25, 0.3) is 0 Å². The second kappa shape index (κ2) is 7.86. The molecule has 0 saturated heterocycles. The topological polar surface area (TPSA) is 0 Å². The fraction of sp³-hybridized carbons (Fsp3) is 0.143.